The van der Waals surface area contributed by atoms with E-state index in [0.717, 1.165) is 36.2 Å². The molecule has 3 rings (SSSR count). The van der Waals surface area contributed by atoms with Crippen LogP contribution in [0.4, 0.5) is 0 Å². The van der Waals surface area contributed by atoms with Gasteiger partial charge in [0.2, 0.25) is 0 Å². The van der Waals surface area contributed by atoms with E-state index in [9.17, 15) is 0 Å². The van der Waals surface area contributed by atoms with Crippen molar-refractivity contribution in [2.75, 3.05) is 13.1 Å². The Labute approximate surface area is 120 Å². The van der Waals surface area contributed by atoms with Crippen molar-refractivity contribution in [1.82, 2.24) is 5.32 Å². The number of benzene rings is 1. The lowest BCUT2D eigenvalue weighted by molar-refractivity contribution is -0.0632. The minimum Gasteiger partial charge on any atom is -0.458 e. The zero-order valence-electron chi connectivity index (χ0n) is 12.5. The van der Waals surface area contributed by atoms with Crippen molar-refractivity contribution in [2.45, 2.75) is 39.4 Å². The summed E-state index contributed by atoms with van der Waals surface area (Å²) in [6.07, 6.45) is 1.32. The van der Waals surface area contributed by atoms with Gasteiger partial charge in [-0.3, -0.25) is 0 Å². The van der Waals surface area contributed by atoms with Gasteiger partial charge in [-0.05, 0) is 24.0 Å². The van der Waals surface area contributed by atoms with Crippen molar-refractivity contribution in [3.63, 3.8) is 0 Å². The van der Waals surface area contributed by atoms with Gasteiger partial charge in [0.05, 0.1) is 6.10 Å². The number of fused-ring (bicyclic) bond motifs is 1. The summed E-state index contributed by atoms with van der Waals surface area (Å²) in [5.74, 6) is 0.928. The molecule has 2 atom stereocenters. The highest BCUT2D eigenvalue weighted by atomic mass is 16.5. The zero-order chi connectivity index (χ0) is 14.2. The largest absolute Gasteiger partial charge is 0.458 e. The number of hydrogen-bond donors (Lipinski definition) is 1. The summed E-state index contributed by atoms with van der Waals surface area (Å²) in [4.78, 5) is 0. The second kappa shape index (κ2) is 5.23. The quantitative estimate of drug-likeness (QED) is 0.901. The van der Waals surface area contributed by atoms with E-state index in [1.165, 1.54) is 0 Å². The predicted molar refractivity (Wildman–Crippen MR) is 80.8 cm³/mol. The van der Waals surface area contributed by atoms with Crippen LogP contribution >= 0.6 is 0 Å². The number of furan rings is 1. The smallest absolute Gasteiger partial charge is 0.135 e. The minimum absolute atomic E-state index is 0.0171. The fourth-order valence-electron chi connectivity index (χ4n) is 2.84. The van der Waals surface area contributed by atoms with E-state index >= 15 is 0 Å². The van der Waals surface area contributed by atoms with E-state index < -0.39 is 0 Å². The van der Waals surface area contributed by atoms with Crippen molar-refractivity contribution < 1.29 is 9.15 Å². The van der Waals surface area contributed by atoms with Gasteiger partial charge in [-0.1, -0.05) is 39.0 Å². The molecule has 3 heteroatoms. The van der Waals surface area contributed by atoms with Crippen molar-refractivity contribution in [1.29, 1.82) is 0 Å². The second-order valence-corrected chi connectivity index (χ2v) is 6.86. The molecule has 1 aliphatic heterocycles. The highest BCUT2D eigenvalue weighted by molar-refractivity contribution is 5.77. The van der Waals surface area contributed by atoms with Crippen LogP contribution in [0.5, 0.6) is 0 Å². The maximum atomic E-state index is 6.22. The summed E-state index contributed by atoms with van der Waals surface area (Å²) in [7, 11) is 0. The van der Waals surface area contributed by atoms with Crippen LogP contribution in [0.25, 0.3) is 11.0 Å². The second-order valence-electron chi connectivity index (χ2n) is 6.86. The van der Waals surface area contributed by atoms with Crippen LogP contribution in [-0.2, 0) is 4.74 Å². The first-order chi connectivity index (χ1) is 9.51. The topological polar surface area (TPSA) is 34.4 Å². The maximum Gasteiger partial charge on any atom is 0.135 e. The lowest BCUT2D eigenvalue weighted by atomic mass is 9.88. The van der Waals surface area contributed by atoms with E-state index in [4.69, 9.17) is 9.15 Å². The summed E-state index contributed by atoms with van der Waals surface area (Å²) in [6, 6.07) is 10.2. The summed E-state index contributed by atoms with van der Waals surface area (Å²) in [5, 5.41) is 4.61. The molecule has 2 aromatic rings. The van der Waals surface area contributed by atoms with Gasteiger partial charge < -0.3 is 14.5 Å². The number of hydrogen-bond acceptors (Lipinski definition) is 3. The Hall–Kier alpha value is -1.32. The molecule has 1 aromatic carbocycles. The molecule has 0 radical (unpaired) electrons. The van der Waals surface area contributed by atoms with Crippen molar-refractivity contribution in [3.8, 4) is 0 Å². The molecule has 3 nitrogen and oxygen atoms in total. The Bertz CT molecular complexity index is 549. The number of morpholine rings is 1. The van der Waals surface area contributed by atoms with Gasteiger partial charge in [-0.15, -0.1) is 0 Å². The maximum absolute atomic E-state index is 6.22. The highest BCUT2D eigenvalue weighted by Crippen LogP contribution is 2.31. The number of rotatable bonds is 2. The molecule has 0 amide bonds. The molecule has 0 spiro atoms. The van der Waals surface area contributed by atoms with Crippen LogP contribution in [0.1, 0.15) is 39.1 Å². The third-order valence-corrected chi connectivity index (χ3v) is 3.66. The minimum atomic E-state index is 0.0171. The third kappa shape index (κ3) is 3.05. The Morgan fingerprint density at radius 1 is 1.20 bits per heavy atom. The molecule has 1 aromatic heterocycles. The molecule has 2 heterocycles. The standard InChI is InChI=1S/C17H23NO2/c1-17(2,3)9-13-10-18-11-16(19-13)15-8-12-6-4-5-7-14(12)20-15/h4-8,13,16,18H,9-11H2,1-3H3. The summed E-state index contributed by atoms with van der Waals surface area (Å²) in [6.45, 7) is 8.50. The fraction of sp³-hybridized carbons (Fsp3) is 0.529. The number of ether oxygens (including phenoxy) is 1. The van der Waals surface area contributed by atoms with Gasteiger partial charge in [0.25, 0.3) is 0 Å². The first kappa shape index (κ1) is 13.7. The van der Waals surface area contributed by atoms with Gasteiger partial charge in [-0.25, -0.2) is 0 Å². The lowest BCUT2D eigenvalue weighted by Crippen LogP contribution is -2.42. The molecule has 2 unspecified atom stereocenters. The summed E-state index contributed by atoms with van der Waals surface area (Å²) >= 11 is 0. The van der Waals surface area contributed by atoms with Crippen molar-refractivity contribution >= 4 is 11.0 Å². The number of nitrogens with one attached hydrogen (secondary N) is 1. The average molecular weight is 273 g/mol. The molecule has 1 saturated heterocycles. The van der Waals surface area contributed by atoms with Crippen LogP contribution in [0.2, 0.25) is 0 Å². The first-order valence-corrected chi connectivity index (χ1v) is 7.36. The average Bonchev–Trinajstić information content (AvgIpc) is 2.80. The highest BCUT2D eigenvalue weighted by Gasteiger charge is 2.28. The molecular weight excluding hydrogens is 250 g/mol. The fourth-order valence-corrected chi connectivity index (χ4v) is 2.84. The monoisotopic (exact) mass is 273 g/mol. The molecule has 0 bridgehead atoms. The third-order valence-electron chi connectivity index (χ3n) is 3.66. The van der Waals surface area contributed by atoms with E-state index in [1.807, 2.05) is 18.2 Å². The van der Waals surface area contributed by atoms with Crippen LogP contribution in [0, 0.1) is 5.41 Å². The Kier molecular flexibility index (Phi) is 3.57. The van der Waals surface area contributed by atoms with Crippen molar-refractivity contribution in [3.05, 3.63) is 36.1 Å². The van der Waals surface area contributed by atoms with Crippen molar-refractivity contribution in [2.24, 2.45) is 5.41 Å². The zero-order valence-corrected chi connectivity index (χ0v) is 12.5. The van der Waals surface area contributed by atoms with Crippen LogP contribution in [0.3, 0.4) is 0 Å². The molecule has 1 fully saturated rings. The Morgan fingerprint density at radius 3 is 2.75 bits per heavy atom. The van der Waals surface area contributed by atoms with Crippen LogP contribution in [-0.4, -0.2) is 19.2 Å². The van der Waals surface area contributed by atoms with Gasteiger partial charge in [0.1, 0.15) is 17.4 Å². The molecule has 1 aliphatic rings. The van der Waals surface area contributed by atoms with Crippen LogP contribution < -0.4 is 5.32 Å². The van der Waals surface area contributed by atoms with E-state index in [-0.39, 0.29) is 17.6 Å². The van der Waals surface area contributed by atoms with E-state index in [1.54, 1.807) is 0 Å². The van der Waals surface area contributed by atoms with E-state index in [2.05, 4.69) is 38.2 Å². The van der Waals surface area contributed by atoms with Gasteiger partial charge >= 0.3 is 0 Å². The molecule has 1 N–H and O–H groups in total. The van der Waals surface area contributed by atoms with Gasteiger partial charge in [0, 0.05) is 18.5 Å². The van der Waals surface area contributed by atoms with Crippen LogP contribution in [0.15, 0.2) is 34.7 Å². The molecule has 0 aliphatic carbocycles. The van der Waals surface area contributed by atoms with Gasteiger partial charge in [-0.2, -0.15) is 0 Å². The van der Waals surface area contributed by atoms with E-state index in [0.29, 0.717) is 0 Å². The first-order valence-electron chi connectivity index (χ1n) is 7.36. The SMILES string of the molecule is CC(C)(C)CC1CNCC(c2cc3ccccc3o2)O1. The molecule has 0 saturated carbocycles. The van der Waals surface area contributed by atoms with Gasteiger partial charge in [0.15, 0.2) is 0 Å². The number of para-hydroxylation sites is 1. The Balaban J connectivity index is 1.76. The normalized spacial score (nSPS) is 24.1. The molecular formula is C17H23NO2. The summed E-state index contributed by atoms with van der Waals surface area (Å²) in [5.41, 5.74) is 1.21. The predicted octanol–water partition coefficient (Wildman–Crippen LogP) is 3.90. The Morgan fingerprint density at radius 2 is 2.00 bits per heavy atom. The lowest BCUT2D eigenvalue weighted by Gasteiger charge is -2.33. The molecule has 108 valence electrons. The molecule has 20 heavy (non-hydrogen) atoms. The summed E-state index contributed by atoms with van der Waals surface area (Å²) < 4.78 is 12.1.